The van der Waals surface area contributed by atoms with Gasteiger partial charge >= 0.3 is 0 Å². The van der Waals surface area contributed by atoms with Crippen LogP contribution in [-0.2, 0) is 0 Å². The fraction of sp³-hybridized carbons (Fsp3) is 0. The van der Waals surface area contributed by atoms with Crippen molar-refractivity contribution in [1.82, 2.24) is 9.78 Å². The second kappa shape index (κ2) is 4.65. The number of nitrogens with zero attached hydrogens (tertiary/aromatic N) is 2. The van der Waals surface area contributed by atoms with Crippen molar-refractivity contribution in [1.29, 1.82) is 0 Å². The maximum absolute atomic E-state index is 5.56. The van der Waals surface area contributed by atoms with Gasteiger partial charge in [0.2, 0.25) is 0 Å². The van der Waals surface area contributed by atoms with Crippen LogP contribution in [0, 0.1) is 0 Å². The van der Waals surface area contributed by atoms with E-state index in [-0.39, 0.29) is 0 Å². The van der Waals surface area contributed by atoms with E-state index in [0.717, 1.165) is 20.2 Å². The first kappa shape index (κ1) is 11.8. The van der Waals surface area contributed by atoms with E-state index in [9.17, 15) is 0 Å². The van der Waals surface area contributed by atoms with Crippen LogP contribution < -0.4 is 5.73 Å². The van der Waals surface area contributed by atoms with Crippen LogP contribution in [0.15, 0.2) is 39.5 Å². The zero-order valence-electron chi connectivity index (χ0n) is 8.02. The summed E-state index contributed by atoms with van der Waals surface area (Å²) in [6.07, 6.45) is 3.61. The average molecular weight is 361 g/mol. The summed E-state index contributed by atoms with van der Waals surface area (Å²) < 4.78 is 3.59. The highest BCUT2D eigenvalue weighted by Gasteiger charge is 2.06. The average Bonchev–Trinajstić information content (AvgIpc) is 2.64. The molecule has 0 unspecified atom stereocenters. The third-order valence-corrected chi connectivity index (χ3v) is 3.31. The van der Waals surface area contributed by atoms with Gasteiger partial charge in [0.25, 0.3) is 0 Å². The van der Waals surface area contributed by atoms with Gasteiger partial charge in [-0.2, -0.15) is 5.10 Å². The van der Waals surface area contributed by atoms with Crippen molar-refractivity contribution in [3.8, 4) is 5.69 Å². The maximum atomic E-state index is 5.56. The second-order valence-electron chi connectivity index (χ2n) is 3.13. The van der Waals surface area contributed by atoms with Crippen molar-refractivity contribution in [2.75, 3.05) is 0 Å². The zero-order chi connectivity index (χ0) is 11.7. The molecule has 3 nitrogen and oxygen atoms in total. The van der Waals surface area contributed by atoms with E-state index in [0.29, 0.717) is 4.99 Å². The molecule has 0 fully saturated rings. The maximum Gasteiger partial charge on any atom is 0.104 e. The van der Waals surface area contributed by atoms with Crippen molar-refractivity contribution in [2.45, 2.75) is 0 Å². The number of thiocarbonyl (C=S) groups is 1. The topological polar surface area (TPSA) is 43.8 Å². The molecule has 2 N–H and O–H groups in total. The van der Waals surface area contributed by atoms with Crippen LogP contribution in [-0.4, -0.2) is 14.8 Å². The number of rotatable bonds is 2. The van der Waals surface area contributed by atoms with Gasteiger partial charge in [0.05, 0.1) is 16.4 Å². The minimum Gasteiger partial charge on any atom is -0.389 e. The van der Waals surface area contributed by atoms with E-state index < -0.39 is 0 Å². The number of halogens is 2. The van der Waals surface area contributed by atoms with Crippen molar-refractivity contribution in [3.05, 3.63) is 45.1 Å². The Morgan fingerprint density at radius 2 is 2.12 bits per heavy atom. The second-order valence-corrected chi connectivity index (χ2v) is 5.34. The van der Waals surface area contributed by atoms with Crippen molar-refractivity contribution in [2.24, 2.45) is 5.73 Å². The molecule has 0 aliphatic rings. The Morgan fingerprint density at radius 1 is 1.38 bits per heavy atom. The largest absolute Gasteiger partial charge is 0.389 e. The smallest absolute Gasteiger partial charge is 0.104 e. The number of hydrogen-bond acceptors (Lipinski definition) is 2. The van der Waals surface area contributed by atoms with Crippen LogP contribution in [0.4, 0.5) is 0 Å². The molecular weight excluding hydrogens is 354 g/mol. The number of benzene rings is 1. The van der Waals surface area contributed by atoms with Crippen LogP contribution in [0.2, 0.25) is 0 Å². The van der Waals surface area contributed by atoms with Gasteiger partial charge in [0.15, 0.2) is 0 Å². The van der Waals surface area contributed by atoms with Crippen LogP contribution >= 0.6 is 44.1 Å². The summed E-state index contributed by atoms with van der Waals surface area (Å²) in [5, 5.41) is 4.20. The summed E-state index contributed by atoms with van der Waals surface area (Å²) in [5.74, 6) is 0. The lowest BCUT2D eigenvalue weighted by Gasteiger charge is -2.06. The van der Waals surface area contributed by atoms with Crippen molar-refractivity contribution < 1.29 is 0 Å². The minimum absolute atomic E-state index is 0.383. The molecule has 0 radical (unpaired) electrons. The third-order valence-electron chi connectivity index (χ3n) is 2.03. The van der Waals surface area contributed by atoms with E-state index in [4.69, 9.17) is 18.0 Å². The Bertz CT molecular complexity index is 551. The summed E-state index contributed by atoms with van der Waals surface area (Å²) >= 11 is 11.7. The van der Waals surface area contributed by atoms with Crippen LogP contribution in [0.5, 0.6) is 0 Å². The number of hydrogen-bond donors (Lipinski definition) is 1. The first-order valence-electron chi connectivity index (χ1n) is 4.38. The van der Waals surface area contributed by atoms with Gasteiger partial charge in [0.1, 0.15) is 4.99 Å². The third kappa shape index (κ3) is 2.34. The molecule has 0 spiro atoms. The molecule has 0 saturated heterocycles. The standard InChI is InChI=1S/C10H7Br2N3S/c11-7-4-14-15(5-7)9-2-1-6(10(13)16)3-8(9)12/h1-5H,(H2,13,16). The molecule has 2 rings (SSSR count). The Kier molecular flexibility index (Phi) is 3.41. The lowest BCUT2D eigenvalue weighted by Crippen LogP contribution is -2.09. The summed E-state index contributed by atoms with van der Waals surface area (Å²) in [7, 11) is 0. The molecule has 1 aromatic carbocycles. The Balaban J connectivity index is 2.47. The molecule has 0 bridgehead atoms. The molecule has 1 aromatic heterocycles. The quantitative estimate of drug-likeness (QED) is 0.837. The van der Waals surface area contributed by atoms with E-state index in [2.05, 4.69) is 37.0 Å². The SMILES string of the molecule is NC(=S)c1ccc(-n2cc(Br)cn2)c(Br)c1. The first-order chi connectivity index (χ1) is 7.58. The van der Waals surface area contributed by atoms with Crippen molar-refractivity contribution in [3.63, 3.8) is 0 Å². The van der Waals surface area contributed by atoms with Gasteiger partial charge < -0.3 is 5.73 Å². The van der Waals surface area contributed by atoms with Crippen LogP contribution in [0.3, 0.4) is 0 Å². The molecule has 0 saturated carbocycles. The minimum atomic E-state index is 0.383. The predicted octanol–water partition coefficient (Wildman–Crippen LogP) is 3.03. The summed E-state index contributed by atoms with van der Waals surface area (Å²) in [6.45, 7) is 0. The molecule has 0 amide bonds. The molecule has 6 heteroatoms. The zero-order valence-corrected chi connectivity index (χ0v) is 12.0. The lowest BCUT2D eigenvalue weighted by atomic mass is 10.2. The van der Waals surface area contributed by atoms with Crippen LogP contribution in [0.1, 0.15) is 5.56 Å². The fourth-order valence-corrected chi connectivity index (χ4v) is 2.25. The molecule has 2 aromatic rings. The van der Waals surface area contributed by atoms with Gasteiger partial charge in [-0.25, -0.2) is 4.68 Å². The number of aromatic nitrogens is 2. The monoisotopic (exact) mass is 359 g/mol. The van der Waals surface area contributed by atoms with Gasteiger partial charge in [-0.05, 0) is 50.1 Å². The lowest BCUT2D eigenvalue weighted by molar-refractivity contribution is 0.876. The van der Waals surface area contributed by atoms with Gasteiger partial charge in [0, 0.05) is 16.2 Å². The summed E-state index contributed by atoms with van der Waals surface area (Å²) in [5.41, 5.74) is 7.32. The molecule has 16 heavy (non-hydrogen) atoms. The highest BCUT2D eigenvalue weighted by atomic mass is 79.9. The molecule has 0 atom stereocenters. The summed E-state index contributed by atoms with van der Waals surface area (Å²) in [6, 6.07) is 5.67. The van der Waals surface area contributed by atoms with E-state index >= 15 is 0 Å². The van der Waals surface area contributed by atoms with Gasteiger partial charge in [-0.15, -0.1) is 0 Å². The highest BCUT2D eigenvalue weighted by molar-refractivity contribution is 9.10. The molecule has 82 valence electrons. The van der Waals surface area contributed by atoms with Gasteiger partial charge in [-0.1, -0.05) is 12.2 Å². The van der Waals surface area contributed by atoms with E-state index in [1.807, 2.05) is 24.4 Å². The fourth-order valence-electron chi connectivity index (χ4n) is 1.28. The summed E-state index contributed by atoms with van der Waals surface area (Å²) in [4.78, 5) is 0.383. The predicted molar refractivity (Wildman–Crippen MR) is 74.9 cm³/mol. The van der Waals surface area contributed by atoms with E-state index in [1.54, 1.807) is 10.9 Å². The Morgan fingerprint density at radius 3 is 2.62 bits per heavy atom. The molecule has 0 aliphatic heterocycles. The highest BCUT2D eigenvalue weighted by Crippen LogP contribution is 2.23. The molecular formula is C10H7Br2N3S. The van der Waals surface area contributed by atoms with E-state index in [1.165, 1.54) is 0 Å². The van der Waals surface area contributed by atoms with Crippen molar-refractivity contribution >= 4 is 49.1 Å². The van der Waals surface area contributed by atoms with Gasteiger partial charge in [-0.3, -0.25) is 0 Å². The molecule has 0 aliphatic carbocycles. The number of nitrogens with two attached hydrogens (primary N) is 1. The molecule has 1 heterocycles. The Labute approximate surface area is 115 Å². The normalized spacial score (nSPS) is 10.4. The Hall–Kier alpha value is -0.720. The van der Waals surface area contributed by atoms with Crippen LogP contribution in [0.25, 0.3) is 5.69 Å². The first-order valence-corrected chi connectivity index (χ1v) is 6.37.